The van der Waals surface area contributed by atoms with Gasteiger partial charge in [0.1, 0.15) is 22.3 Å². The maximum absolute atomic E-state index is 6.48. The number of aromatic nitrogens is 3. The molecule has 7 aromatic carbocycles. The van der Waals surface area contributed by atoms with Crippen LogP contribution in [0.3, 0.4) is 0 Å². The molecule has 10 aromatic rings. The minimum Gasteiger partial charge on any atom is -0.456 e. The first kappa shape index (κ1) is 25.0. The van der Waals surface area contributed by atoms with Crippen LogP contribution in [0.5, 0.6) is 0 Å². The van der Waals surface area contributed by atoms with Crippen molar-refractivity contribution in [2.45, 2.75) is 0 Å². The van der Waals surface area contributed by atoms with Gasteiger partial charge in [0.2, 0.25) is 0 Å². The molecule has 0 saturated carbocycles. The summed E-state index contributed by atoms with van der Waals surface area (Å²) in [5.74, 6) is 1.76. The number of hydrogen-bond acceptors (Lipinski definition) is 5. The molecule has 214 valence electrons. The summed E-state index contributed by atoms with van der Waals surface area (Å²) in [7, 11) is 0. The minimum atomic E-state index is 0.576. The lowest BCUT2D eigenvalue weighted by atomic mass is 10.0. The summed E-state index contributed by atoms with van der Waals surface area (Å²) >= 11 is 0. The maximum Gasteiger partial charge on any atom is 0.164 e. The fraction of sp³-hybridized carbons (Fsp3) is 0. The third-order valence-electron chi connectivity index (χ3n) is 8.89. The monoisotopic (exact) mass is 589 g/mol. The quantitative estimate of drug-likeness (QED) is 0.205. The highest BCUT2D eigenvalue weighted by molar-refractivity contribution is 6.18. The average Bonchev–Trinajstić information content (AvgIpc) is 3.68. The third-order valence-corrected chi connectivity index (χ3v) is 8.89. The lowest BCUT2D eigenvalue weighted by Crippen LogP contribution is -2.00. The molecule has 0 N–H and O–H groups in total. The number of nitrogens with zero attached hydrogens (tertiary/aromatic N) is 3. The van der Waals surface area contributed by atoms with Gasteiger partial charge in [0.25, 0.3) is 0 Å². The smallest absolute Gasteiger partial charge is 0.164 e. The molecule has 0 saturated heterocycles. The van der Waals surface area contributed by atoms with Crippen molar-refractivity contribution >= 4 is 65.4 Å². The van der Waals surface area contributed by atoms with Crippen molar-refractivity contribution < 1.29 is 8.83 Å². The summed E-state index contributed by atoms with van der Waals surface area (Å²) in [6.45, 7) is 0. The standard InChI is InChI=1S/C41H23N3O2/c1-2-10-25(11-3-1)39-42-40(28-18-19-30-33-21-26-12-4-5-13-27(26)22-36(33)45-35(30)23-28)44-41(43-39)32-15-8-16-34-37(32)31-20-17-24-9-6-7-14-29(24)38(31)46-34/h1-23H. The van der Waals surface area contributed by atoms with E-state index < -0.39 is 0 Å². The van der Waals surface area contributed by atoms with E-state index in [1.165, 1.54) is 5.39 Å². The van der Waals surface area contributed by atoms with Crippen LogP contribution in [-0.4, -0.2) is 15.0 Å². The molecule has 0 aliphatic carbocycles. The number of fused-ring (bicyclic) bond motifs is 9. The molecule has 46 heavy (non-hydrogen) atoms. The van der Waals surface area contributed by atoms with Crippen molar-refractivity contribution in [3.8, 4) is 34.2 Å². The number of hydrogen-bond donors (Lipinski definition) is 0. The molecule has 0 atom stereocenters. The predicted octanol–water partition coefficient (Wildman–Crippen LogP) is 11.0. The summed E-state index contributed by atoms with van der Waals surface area (Å²) < 4.78 is 12.9. The van der Waals surface area contributed by atoms with E-state index in [0.717, 1.165) is 76.7 Å². The van der Waals surface area contributed by atoms with E-state index in [4.69, 9.17) is 23.8 Å². The Labute approximate surface area is 262 Å². The van der Waals surface area contributed by atoms with Crippen LogP contribution >= 0.6 is 0 Å². The summed E-state index contributed by atoms with van der Waals surface area (Å²) in [6, 6.07) is 47.5. The lowest BCUT2D eigenvalue weighted by molar-refractivity contribution is 0.669. The van der Waals surface area contributed by atoms with E-state index in [1.54, 1.807) is 0 Å². The van der Waals surface area contributed by atoms with Crippen molar-refractivity contribution in [2.24, 2.45) is 0 Å². The number of rotatable bonds is 3. The number of furan rings is 2. The van der Waals surface area contributed by atoms with Crippen molar-refractivity contribution in [3.63, 3.8) is 0 Å². The Morgan fingerprint density at radius 3 is 1.93 bits per heavy atom. The Morgan fingerprint density at radius 2 is 1.07 bits per heavy atom. The first-order valence-electron chi connectivity index (χ1n) is 15.3. The summed E-state index contributed by atoms with van der Waals surface area (Å²) in [5, 5.41) is 8.72. The van der Waals surface area contributed by atoms with E-state index in [9.17, 15) is 0 Å². The van der Waals surface area contributed by atoms with Crippen LogP contribution in [0, 0.1) is 0 Å². The van der Waals surface area contributed by atoms with E-state index >= 15 is 0 Å². The van der Waals surface area contributed by atoms with Crippen LogP contribution in [0.15, 0.2) is 148 Å². The zero-order valence-corrected chi connectivity index (χ0v) is 24.4. The van der Waals surface area contributed by atoms with Crippen LogP contribution in [0.25, 0.3) is 99.6 Å². The van der Waals surface area contributed by atoms with Crippen LogP contribution in [-0.2, 0) is 0 Å². The molecule has 10 rings (SSSR count). The number of benzene rings is 7. The van der Waals surface area contributed by atoms with Crippen LogP contribution in [0.1, 0.15) is 0 Å². The van der Waals surface area contributed by atoms with Crippen LogP contribution < -0.4 is 0 Å². The fourth-order valence-corrected chi connectivity index (χ4v) is 6.68. The SMILES string of the molecule is c1ccc(-c2nc(-c3ccc4c(c3)oc3cc5ccccc5cc34)nc(-c3cccc4oc5c6ccccc6ccc5c34)n2)cc1. The second-order valence-corrected chi connectivity index (χ2v) is 11.6. The molecular formula is C41H23N3O2. The van der Waals surface area contributed by atoms with E-state index in [2.05, 4.69) is 72.8 Å². The highest BCUT2D eigenvalue weighted by Crippen LogP contribution is 2.40. The van der Waals surface area contributed by atoms with Crippen LogP contribution in [0.4, 0.5) is 0 Å². The second-order valence-electron chi connectivity index (χ2n) is 11.6. The van der Waals surface area contributed by atoms with Gasteiger partial charge in [-0.15, -0.1) is 0 Å². The molecule has 3 aromatic heterocycles. The molecule has 0 spiro atoms. The molecule has 5 nitrogen and oxygen atoms in total. The molecule has 0 fully saturated rings. The fourth-order valence-electron chi connectivity index (χ4n) is 6.68. The Hall–Kier alpha value is -6.33. The highest BCUT2D eigenvalue weighted by atomic mass is 16.3. The highest BCUT2D eigenvalue weighted by Gasteiger charge is 2.19. The zero-order chi connectivity index (χ0) is 30.2. The predicted molar refractivity (Wildman–Crippen MR) is 186 cm³/mol. The van der Waals surface area contributed by atoms with Crippen molar-refractivity contribution in [1.82, 2.24) is 15.0 Å². The molecule has 3 heterocycles. The third kappa shape index (κ3) is 3.79. The molecule has 5 heteroatoms. The van der Waals surface area contributed by atoms with Gasteiger partial charge in [-0.1, -0.05) is 103 Å². The topological polar surface area (TPSA) is 65.0 Å². The zero-order valence-electron chi connectivity index (χ0n) is 24.4. The van der Waals surface area contributed by atoms with Gasteiger partial charge in [0.15, 0.2) is 17.5 Å². The lowest BCUT2D eigenvalue weighted by Gasteiger charge is -2.09. The maximum atomic E-state index is 6.48. The van der Waals surface area contributed by atoms with Gasteiger partial charge in [0.05, 0.1) is 0 Å². The van der Waals surface area contributed by atoms with Gasteiger partial charge in [-0.3, -0.25) is 0 Å². The first-order valence-corrected chi connectivity index (χ1v) is 15.3. The van der Waals surface area contributed by atoms with Crippen molar-refractivity contribution in [3.05, 3.63) is 140 Å². The van der Waals surface area contributed by atoms with Gasteiger partial charge >= 0.3 is 0 Å². The van der Waals surface area contributed by atoms with Crippen molar-refractivity contribution in [2.75, 3.05) is 0 Å². The molecule has 0 unspecified atom stereocenters. The first-order chi connectivity index (χ1) is 22.8. The van der Waals surface area contributed by atoms with Gasteiger partial charge in [-0.25, -0.2) is 15.0 Å². The summed E-state index contributed by atoms with van der Waals surface area (Å²) in [6.07, 6.45) is 0. The summed E-state index contributed by atoms with van der Waals surface area (Å²) in [4.78, 5) is 15.1. The van der Waals surface area contributed by atoms with Gasteiger partial charge in [-0.2, -0.15) is 0 Å². The Bertz CT molecular complexity index is 2810. The Kier molecular flexibility index (Phi) is 5.22. The second kappa shape index (κ2) is 9.58. The molecule has 0 aliphatic rings. The largest absolute Gasteiger partial charge is 0.456 e. The molecule has 0 amide bonds. The van der Waals surface area contributed by atoms with Crippen LogP contribution in [0.2, 0.25) is 0 Å². The summed E-state index contributed by atoms with van der Waals surface area (Å²) in [5.41, 5.74) is 5.97. The minimum absolute atomic E-state index is 0.576. The molecule has 0 aliphatic heterocycles. The Balaban J connectivity index is 1.21. The van der Waals surface area contributed by atoms with Gasteiger partial charge in [0, 0.05) is 43.6 Å². The average molecular weight is 590 g/mol. The molecular weight excluding hydrogens is 566 g/mol. The Morgan fingerprint density at radius 1 is 0.370 bits per heavy atom. The van der Waals surface area contributed by atoms with Gasteiger partial charge in [-0.05, 0) is 52.6 Å². The van der Waals surface area contributed by atoms with Crippen molar-refractivity contribution in [1.29, 1.82) is 0 Å². The van der Waals surface area contributed by atoms with E-state index in [0.29, 0.717) is 17.5 Å². The van der Waals surface area contributed by atoms with E-state index in [-0.39, 0.29) is 0 Å². The molecule has 0 bridgehead atoms. The van der Waals surface area contributed by atoms with E-state index in [1.807, 2.05) is 66.7 Å². The normalized spacial score (nSPS) is 11.9. The van der Waals surface area contributed by atoms with Gasteiger partial charge < -0.3 is 8.83 Å². The molecule has 0 radical (unpaired) electrons.